The first kappa shape index (κ1) is 22.0. The van der Waals surface area contributed by atoms with Gasteiger partial charge in [-0.25, -0.2) is 13.9 Å². The molecular weight excluding hydrogens is 442 g/mol. The van der Waals surface area contributed by atoms with Crippen molar-refractivity contribution in [3.05, 3.63) is 122 Å². The zero-order valence-corrected chi connectivity index (χ0v) is 19.2. The Balaban J connectivity index is 1.91. The van der Waals surface area contributed by atoms with E-state index in [-0.39, 0.29) is 16.6 Å². The maximum absolute atomic E-state index is 13.9. The Morgan fingerprint density at radius 2 is 1.23 bits per heavy atom. The highest BCUT2D eigenvalue weighted by Crippen LogP contribution is 2.24. The Labute approximate surface area is 200 Å². The van der Waals surface area contributed by atoms with E-state index in [1.54, 1.807) is 55.6 Å². The van der Waals surface area contributed by atoms with Crippen LogP contribution in [0, 0.1) is 0 Å². The number of benzene rings is 3. The van der Waals surface area contributed by atoms with Gasteiger partial charge in [0.15, 0.2) is 0 Å². The maximum atomic E-state index is 13.9. The van der Waals surface area contributed by atoms with Gasteiger partial charge in [-0.15, -0.1) is 0 Å². The van der Waals surface area contributed by atoms with Gasteiger partial charge in [0.1, 0.15) is 11.0 Å². The minimum atomic E-state index is -0.564. The molecule has 0 saturated carbocycles. The summed E-state index contributed by atoms with van der Waals surface area (Å²) in [7, 11) is 3.38. The number of fused-ring (bicyclic) bond motifs is 1. The first-order valence-electron chi connectivity index (χ1n) is 11.1. The maximum Gasteiger partial charge on any atom is 0.341 e. The molecule has 0 unspecified atom stereocenters. The number of anilines is 3. The average molecular weight is 466 g/mol. The van der Waals surface area contributed by atoms with Gasteiger partial charge in [-0.05, 0) is 48.5 Å². The zero-order chi connectivity index (χ0) is 24.5. The van der Waals surface area contributed by atoms with Gasteiger partial charge in [-0.2, -0.15) is 0 Å². The lowest BCUT2D eigenvalue weighted by Crippen LogP contribution is -2.40. The van der Waals surface area contributed by atoms with Crippen molar-refractivity contribution in [1.29, 1.82) is 0 Å². The molecule has 0 atom stereocenters. The van der Waals surface area contributed by atoms with Crippen LogP contribution in [0.3, 0.4) is 0 Å². The molecule has 0 aliphatic heterocycles. The van der Waals surface area contributed by atoms with Crippen LogP contribution in [0.2, 0.25) is 0 Å². The summed E-state index contributed by atoms with van der Waals surface area (Å²) in [5, 5.41) is 6.49. The molecule has 2 aromatic heterocycles. The van der Waals surface area contributed by atoms with E-state index in [1.807, 2.05) is 43.4 Å². The summed E-state index contributed by atoms with van der Waals surface area (Å²) in [6.45, 7) is 0. The predicted molar refractivity (Wildman–Crippen MR) is 140 cm³/mol. The number of hydrogen-bond acceptors (Lipinski definition) is 5. The summed E-state index contributed by atoms with van der Waals surface area (Å²) in [6, 6.07) is 26.6. The largest absolute Gasteiger partial charge is 0.388 e. The van der Waals surface area contributed by atoms with Crippen molar-refractivity contribution in [2.75, 3.05) is 17.7 Å². The highest BCUT2D eigenvalue weighted by molar-refractivity contribution is 5.91. The van der Waals surface area contributed by atoms with E-state index in [0.717, 1.165) is 10.3 Å². The lowest BCUT2D eigenvalue weighted by molar-refractivity contribution is 0.784. The fraction of sp³-hybridized carbons (Fsp3) is 0.0741. The highest BCUT2D eigenvalue weighted by Gasteiger charge is 2.21. The molecule has 2 heterocycles. The van der Waals surface area contributed by atoms with Gasteiger partial charge in [0.2, 0.25) is 0 Å². The third kappa shape index (κ3) is 3.80. The second kappa shape index (κ2) is 8.83. The molecule has 0 amide bonds. The van der Waals surface area contributed by atoms with Gasteiger partial charge >= 0.3 is 5.69 Å². The summed E-state index contributed by atoms with van der Waals surface area (Å²) in [5.41, 5.74) is 1.69. The molecule has 8 heteroatoms. The van der Waals surface area contributed by atoms with E-state index in [1.165, 1.54) is 15.2 Å². The van der Waals surface area contributed by atoms with Crippen molar-refractivity contribution in [3.8, 4) is 11.4 Å². The molecule has 0 spiro atoms. The fourth-order valence-corrected chi connectivity index (χ4v) is 4.14. The van der Waals surface area contributed by atoms with E-state index in [0.29, 0.717) is 22.7 Å². The summed E-state index contributed by atoms with van der Waals surface area (Å²) < 4.78 is 3.87. The minimum absolute atomic E-state index is 0.209. The second-order valence-corrected chi connectivity index (χ2v) is 8.04. The fourth-order valence-electron chi connectivity index (χ4n) is 4.14. The number of pyridine rings is 1. The summed E-state index contributed by atoms with van der Waals surface area (Å²) in [4.78, 5) is 40.7. The number of aromatic nitrogens is 3. The van der Waals surface area contributed by atoms with Crippen LogP contribution in [0.25, 0.3) is 22.4 Å². The molecule has 0 bridgehead atoms. The van der Waals surface area contributed by atoms with E-state index in [4.69, 9.17) is 0 Å². The van der Waals surface area contributed by atoms with Crippen LogP contribution in [0.1, 0.15) is 0 Å². The third-order valence-corrected chi connectivity index (χ3v) is 5.90. The molecule has 5 rings (SSSR count). The van der Waals surface area contributed by atoms with Crippen LogP contribution in [-0.4, -0.2) is 20.7 Å². The third-order valence-electron chi connectivity index (χ3n) is 5.90. The van der Waals surface area contributed by atoms with Crippen molar-refractivity contribution < 1.29 is 0 Å². The van der Waals surface area contributed by atoms with Crippen LogP contribution in [0.15, 0.2) is 105 Å². The molecule has 35 heavy (non-hydrogen) atoms. The quantitative estimate of drug-likeness (QED) is 0.414. The molecule has 0 radical (unpaired) electrons. The van der Waals surface area contributed by atoms with Gasteiger partial charge in [0.05, 0.1) is 17.1 Å². The standard InChI is InChI=1S/C27H23N5O3/c1-28-18-13-15-19(16-14-18)29-22-17-23(33)30(2)25-24(22)26(34)32(21-11-7-4-8-12-21)27(35)31(25)20-9-5-3-6-10-20/h3-17,28-29H,1-2H3. The minimum Gasteiger partial charge on any atom is -0.388 e. The first-order valence-corrected chi connectivity index (χ1v) is 11.1. The smallest absolute Gasteiger partial charge is 0.341 e. The Morgan fingerprint density at radius 1 is 0.686 bits per heavy atom. The number of nitrogens with zero attached hydrogens (tertiary/aromatic N) is 3. The SMILES string of the molecule is CNc1ccc(Nc2cc(=O)n(C)c3c2c(=O)n(-c2ccccc2)c(=O)n3-c2ccccc2)cc1. The van der Waals surface area contributed by atoms with Crippen LogP contribution in [0.4, 0.5) is 17.1 Å². The number of aryl methyl sites for hydroxylation is 1. The Bertz CT molecular complexity index is 1700. The summed E-state index contributed by atoms with van der Waals surface area (Å²) in [6.07, 6.45) is 0. The van der Waals surface area contributed by atoms with Crippen molar-refractivity contribution in [2.24, 2.45) is 7.05 Å². The van der Waals surface area contributed by atoms with Crippen molar-refractivity contribution in [3.63, 3.8) is 0 Å². The Morgan fingerprint density at radius 3 is 1.80 bits per heavy atom. The van der Waals surface area contributed by atoms with Gasteiger partial charge in [-0.1, -0.05) is 36.4 Å². The second-order valence-electron chi connectivity index (χ2n) is 8.04. The Hall–Kier alpha value is -4.85. The van der Waals surface area contributed by atoms with Crippen LogP contribution in [-0.2, 0) is 7.05 Å². The number of hydrogen-bond donors (Lipinski definition) is 2. The molecule has 0 aliphatic carbocycles. The molecule has 3 aromatic carbocycles. The van der Waals surface area contributed by atoms with E-state index < -0.39 is 11.2 Å². The normalized spacial score (nSPS) is 10.9. The van der Waals surface area contributed by atoms with Crippen molar-refractivity contribution in [1.82, 2.24) is 13.7 Å². The number of rotatable bonds is 5. The van der Waals surface area contributed by atoms with Gasteiger partial charge < -0.3 is 10.6 Å². The summed E-state index contributed by atoms with van der Waals surface area (Å²) in [5.74, 6) is 0. The van der Waals surface area contributed by atoms with Gasteiger partial charge in [0, 0.05) is 31.5 Å². The molecule has 8 nitrogen and oxygen atoms in total. The molecule has 2 N–H and O–H groups in total. The Kier molecular flexibility index (Phi) is 5.54. The molecule has 5 aromatic rings. The van der Waals surface area contributed by atoms with E-state index in [9.17, 15) is 14.4 Å². The highest BCUT2D eigenvalue weighted by atomic mass is 16.2. The van der Waals surface area contributed by atoms with Crippen LogP contribution < -0.4 is 27.4 Å². The predicted octanol–water partition coefficient (Wildman–Crippen LogP) is 3.63. The number of nitrogens with one attached hydrogen (secondary N) is 2. The van der Waals surface area contributed by atoms with E-state index >= 15 is 0 Å². The lowest BCUT2D eigenvalue weighted by atomic mass is 10.2. The van der Waals surface area contributed by atoms with Crippen LogP contribution >= 0.6 is 0 Å². The molecule has 174 valence electrons. The van der Waals surface area contributed by atoms with Crippen molar-refractivity contribution in [2.45, 2.75) is 0 Å². The average Bonchev–Trinajstić information content (AvgIpc) is 2.88. The molecular formula is C27H23N5O3. The lowest BCUT2D eigenvalue weighted by Gasteiger charge is -2.19. The zero-order valence-electron chi connectivity index (χ0n) is 19.2. The molecule has 0 fully saturated rings. The van der Waals surface area contributed by atoms with Crippen LogP contribution in [0.5, 0.6) is 0 Å². The monoisotopic (exact) mass is 465 g/mol. The molecule has 0 saturated heterocycles. The summed E-state index contributed by atoms with van der Waals surface area (Å²) >= 11 is 0. The van der Waals surface area contributed by atoms with Gasteiger partial charge in [0.25, 0.3) is 11.1 Å². The first-order chi connectivity index (χ1) is 17.0. The number of para-hydroxylation sites is 2. The molecule has 0 aliphatic rings. The topological polar surface area (TPSA) is 90.1 Å². The van der Waals surface area contributed by atoms with Crippen molar-refractivity contribution >= 4 is 28.1 Å². The van der Waals surface area contributed by atoms with E-state index in [2.05, 4.69) is 10.6 Å². The van der Waals surface area contributed by atoms with Gasteiger partial charge in [-0.3, -0.25) is 14.2 Å².